The number of hydrogen-bond acceptors (Lipinski definition) is 4. The third kappa shape index (κ3) is 3.32. The van der Waals surface area contributed by atoms with Crippen molar-refractivity contribution in [3.8, 4) is 0 Å². The number of allylic oxidation sites excluding steroid dienone is 1. The van der Waals surface area contributed by atoms with Crippen molar-refractivity contribution in [2.24, 2.45) is 64.1 Å². The molecule has 5 heteroatoms. The standard InChI is InChI=1S/C29H46O5/c1-14(2)15(3)20-12-21(20)16(4)22-8-9-23-19-7-6-17-10-18(30)11-25(32)28(17,5)26(19)24(31)13-29(22,23)27(33)34/h6,14-16,18-26,30-32H,7-13H2,1-5H3,(H,33,34)/t15-,16?,18-,19?,20?,21?,22?,23?,24-,25+,26?,28-,29+/m1/s1. The second-order valence-electron chi connectivity index (χ2n) is 13.5. The quantitative estimate of drug-likeness (QED) is 0.440. The molecule has 5 rings (SSSR count). The first-order valence-electron chi connectivity index (χ1n) is 13.9. The molecule has 0 amide bonds. The van der Waals surface area contributed by atoms with E-state index >= 15 is 0 Å². The average Bonchev–Trinajstić information content (AvgIpc) is 3.46. The fourth-order valence-electron chi connectivity index (χ4n) is 9.88. The molecule has 0 heterocycles. The van der Waals surface area contributed by atoms with Crippen LogP contribution in [-0.2, 0) is 4.79 Å². The maximum absolute atomic E-state index is 13.1. The van der Waals surface area contributed by atoms with Crippen LogP contribution in [0, 0.1) is 64.1 Å². The number of fused-ring (bicyclic) bond motifs is 5. The van der Waals surface area contributed by atoms with Crippen molar-refractivity contribution in [3.63, 3.8) is 0 Å². The largest absolute Gasteiger partial charge is 0.481 e. The Bertz CT molecular complexity index is 851. The normalized spacial score (nSPS) is 51.7. The molecule has 5 nitrogen and oxygen atoms in total. The van der Waals surface area contributed by atoms with Crippen LogP contribution in [0.3, 0.4) is 0 Å². The van der Waals surface area contributed by atoms with E-state index in [0.29, 0.717) is 48.9 Å². The lowest BCUT2D eigenvalue weighted by Gasteiger charge is -2.60. The van der Waals surface area contributed by atoms with E-state index in [9.17, 15) is 25.2 Å². The van der Waals surface area contributed by atoms with Gasteiger partial charge in [-0.05, 0) is 91.8 Å². The Hall–Kier alpha value is -0.910. The van der Waals surface area contributed by atoms with Gasteiger partial charge in [0.1, 0.15) is 0 Å². The van der Waals surface area contributed by atoms with E-state index in [4.69, 9.17) is 0 Å². The second kappa shape index (κ2) is 8.31. The number of rotatable bonds is 5. The van der Waals surface area contributed by atoms with Crippen LogP contribution in [0.1, 0.15) is 79.6 Å². The van der Waals surface area contributed by atoms with Gasteiger partial charge in [-0.1, -0.05) is 46.3 Å². The molecule has 0 aromatic heterocycles. The lowest BCUT2D eigenvalue weighted by molar-refractivity contribution is -0.188. The first kappa shape index (κ1) is 24.8. The maximum atomic E-state index is 13.1. The monoisotopic (exact) mass is 474 g/mol. The zero-order chi connectivity index (χ0) is 24.7. The first-order chi connectivity index (χ1) is 15.9. The molecule has 192 valence electrons. The molecule has 34 heavy (non-hydrogen) atoms. The highest BCUT2D eigenvalue weighted by atomic mass is 16.4. The van der Waals surface area contributed by atoms with Gasteiger partial charge in [0.15, 0.2) is 0 Å². The molecule has 5 aliphatic rings. The molecule has 0 saturated heterocycles. The minimum atomic E-state index is -0.866. The molecule has 4 N–H and O–H groups in total. The fraction of sp³-hybridized carbons (Fsp3) is 0.897. The Morgan fingerprint density at radius 2 is 1.76 bits per heavy atom. The zero-order valence-electron chi connectivity index (χ0n) is 21.7. The minimum Gasteiger partial charge on any atom is -0.481 e. The van der Waals surface area contributed by atoms with E-state index in [1.165, 1.54) is 6.42 Å². The molecule has 4 saturated carbocycles. The van der Waals surface area contributed by atoms with Gasteiger partial charge in [0, 0.05) is 11.8 Å². The van der Waals surface area contributed by atoms with E-state index in [1.807, 2.05) is 0 Å². The molecule has 4 fully saturated rings. The van der Waals surface area contributed by atoms with E-state index in [2.05, 4.69) is 40.7 Å². The van der Waals surface area contributed by atoms with Crippen molar-refractivity contribution in [1.82, 2.24) is 0 Å². The first-order valence-corrected chi connectivity index (χ1v) is 13.9. The third-order valence-electron chi connectivity index (χ3n) is 12.0. The predicted octanol–water partition coefficient (Wildman–Crippen LogP) is 4.50. The lowest BCUT2D eigenvalue weighted by atomic mass is 9.45. The van der Waals surface area contributed by atoms with Gasteiger partial charge in [-0.15, -0.1) is 0 Å². The molecule has 13 atom stereocenters. The summed E-state index contributed by atoms with van der Waals surface area (Å²) in [6.45, 7) is 11.3. The zero-order valence-corrected chi connectivity index (χ0v) is 21.7. The summed E-state index contributed by atoms with van der Waals surface area (Å²) >= 11 is 0. The molecular formula is C29H46O5. The van der Waals surface area contributed by atoms with Crippen LogP contribution >= 0.6 is 0 Å². The summed E-state index contributed by atoms with van der Waals surface area (Å²) in [5.41, 5.74) is -0.382. The van der Waals surface area contributed by atoms with Crippen LogP contribution in [0.2, 0.25) is 0 Å². The van der Waals surface area contributed by atoms with Crippen molar-refractivity contribution >= 4 is 5.97 Å². The Balaban J connectivity index is 1.46. The van der Waals surface area contributed by atoms with Crippen molar-refractivity contribution < 1.29 is 25.2 Å². The van der Waals surface area contributed by atoms with Gasteiger partial charge in [0.25, 0.3) is 0 Å². The molecule has 0 aromatic rings. The average molecular weight is 475 g/mol. The number of carboxylic acids is 1. The maximum Gasteiger partial charge on any atom is 0.310 e. The SMILES string of the molecule is CC(C1CC1[C@H](C)C(C)C)C1CCC2C3CC=C4C[C@@H](O)C[C@H](O)[C@]4(C)C3[C@H](O)C[C@]12C(=O)O. The van der Waals surface area contributed by atoms with Crippen molar-refractivity contribution in [2.75, 3.05) is 0 Å². The summed E-state index contributed by atoms with van der Waals surface area (Å²) in [7, 11) is 0. The van der Waals surface area contributed by atoms with Crippen molar-refractivity contribution in [3.05, 3.63) is 11.6 Å². The number of carbonyl (C=O) groups is 1. The molecule has 5 aliphatic carbocycles. The predicted molar refractivity (Wildman–Crippen MR) is 131 cm³/mol. The van der Waals surface area contributed by atoms with Gasteiger partial charge in [0.2, 0.25) is 0 Å². The van der Waals surface area contributed by atoms with Crippen molar-refractivity contribution in [1.29, 1.82) is 0 Å². The van der Waals surface area contributed by atoms with E-state index in [-0.39, 0.29) is 23.7 Å². The van der Waals surface area contributed by atoms with Crippen LogP contribution in [0.4, 0.5) is 0 Å². The number of carboxylic acid groups (broad SMARTS) is 1. The molecular weight excluding hydrogens is 428 g/mol. The van der Waals surface area contributed by atoms with Crippen LogP contribution in [-0.4, -0.2) is 44.7 Å². The molecule has 0 aliphatic heterocycles. The lowest BCUT2D eigenvalue weighted by Crippen LogP contribution is -2.62. The van der Waals surface area contributed by atoms with Crippen LogP contribution in [0.5, 0.6) is 0 Å². The van der Waals surface area contributed by atoms with Crippen LogP contribution in [0.15, 0.2) is 11.6 Å². The molecule has 0 radical (unpaired) electrons. The number of aliphatic hydroxyl groups excluding tert-OH is 3. The van der Waals surface area contributed by atoms with Gasteiger partial charge >= 0.3 is 5.97 Å². The summed E-state index contributed by atoms with van der Waals surface area (Å²) in [4.78, 5) is 13.1. The summed E-state index contributed by atoms with van der Waals surface area (Å²) in [5, 5.41) is 43.8. The van der Waals surface area contributed by atoms with E-state index < -0.39 is 35.1 Å². The van der Waals surface area contributed by atoms with Gasteiger partial charge in [-0.3, -0.25) is 4.79 Å². The highest BCUT2D eigenvalue weighted by molar-refractivity contribution is 5.76. The summed E-state index contributed by atoms with van der Waals surface area (Å²) in [6.07, 6.45) is 5.18. The number of aliphatic hydroxyl groups is 3. The second-order valence-corrected chi connectivity index (χ2v) is 13.5. The van der Waals surface area contributed by atoms with Gasteiger partial charge < -0.3 is 20.4 Å². The molecule has 0 bridgehead atoms. The van der Waals surface area contributed by atoms with Gasteiger partial charge in [0.05, 0.1) is 23.7 Å². The highest BCUT2D eigenvalue weighted by Gasteiger charge is 2.69. The van der Waals surface area contributed by atoms with Crippen LogP contribution < -0.4 is 0 Å². The summed E-state index contributed by atoms with van der Waals surface area (Å²) in [6, 6.07) is 0. The Kier molecular flexibility index (Phi) is 6.06. The van der Waals surface area contributed by atoms with Crippen molar-refractivity contribution in [2.45, 2.75) is 97.9 Å². The van der Waals surface area contributed by atoms with Gasteiger partial charge in [-0.2, -0.15) is 0 Å². The van der Waals surface area contributed by atoms with E-state index in [1.54, 1.807) is 0 Å². The summed E-state index contributed by atoms with van der Waals surface area (Å²) in [5.74, 6) is 2.33. The molecule has 0 aromatic carbocycles. The Labute approximate surface area is 205 Å². The minimum absolute atomic E-state index is 0.0410. The number of hydrogen-bond donors (Lipinski definition) is 4. The highest BCUT2D eigenvalue weighted by Crippen LogP contribution is 2.69. The molecule has 0 spiro atoms. The number of aliphatic carboxylic acids is 1. The Morgan fingerprint density at radius 1 is 1.06 bits per heavy atom. The third-order valence-corrected chi connectivity index (χ3v) is 12.0. The van der Waals surface area contributed by atoms with Crippen LogP contribution in [0.25, 0.3) is 0 Å². The topological polar surface area (TPSA) is 98.0 Å². The fourth-order valence-corrected chi connectivity index (χ4v) is 9.88. The van der Waals surface area contributed by atoms with Gasteiger partial charge in [-0.25, -0.2) is 0 Å². The smallest absolute Gasteiger partial charge is 0.310 e. The Morgan fingerprint density at radius 3 is 2.41 bits per heavy atom. The summed E-state index contributed by atoms with van der Waals surface area (Å²) < 4.78 is 0. The molecule has 7 unspecified atom stereocenters. The van der Waals surface area contributed by atoms with E-state index in [0.717, 1.165) is 24.8 Å².